The van der Waals surface area contributed by atoms with E-state index in [4.69, 9.17) is 4.42 Å². The Balaban J connectivity index is 1.86. The highest BCUT2D eigenvalue weighted by Gasteiger charge is 2.32. The van der Waals surface area contributed by atoms with Gasteiger partial charge in [0.1, 0.15) is 11.5 Å². The van der Waals surface area contributed by atoms with Crippen LogP contribution in [-0.4, -0.2) is 61.2 Å². The van der Waals surface area contributed by atoms with Crippen LogP contribution in [0.2, 0.25) is 0 Å². The van der Waals surface area contributed by atoms with Crippen LogP contribution in [0, 0.1) is 18.8 Å². The summed E-state index contributed by atoms with van der Waals surface area (Å²) >= 11 is 0. The second-order valence-corrected chi connectivity index (χ2v) is 7.59. The molecule has 5 nitrogen and oxygen atoms in total. The fourth-order valence-corrected chi connectivity index (χ4v) is 3.91. The van der Waals surface area contributed by atoms with Crippen molar-refractivity contribution in [2.24, 2.45) is 11.8 Å². The molecular formula is C21H28N2O3. The normalized spacial score (nSPS) is 20.6. The molecule has 1 aromatic heterocycles. The van der Waals surface area contributed by atoms with Gasteiger partial charge >= 0.3 is 0 Å². The van der Waals surface area contributed by atoms with E-state index in [9.17, 15) is 9.90 Å². The highest BCUT2D eigenvalue weighted by atomic mass is 16.3. The number of hydrogen-bond donors (Lipinski definition) is 1. The summed E-state index contributed by atoms with van der Waals surface area (Å²) in [4.78, 5) is 17.3. The minimum Gasteiger partial charge on any atom is -0.461 e. The van der Waals surface area contributed by atoms with Crippen LogP contribution >= 0.6 is 0 Å². The van der Waals surface area contributed by atoms with Crippen molar-refractivity contribution >= 4 is 5.91 Å². The molecule has 2 unspecified atom stereocenters. The van der Waals surface area contributed by atoms with Gasteiger partial charge in [0, 0.05) is 31.8 Å². The van der Waals surface area contributed by atoms with Gasteiger partial charge in [0.15, 0.2) is 0 Å². The van der Waals surface area contributed by atoms with Crippen molar-refractivity contribution in [3.8, 4) is 11.3 Å². The number of carbonyl (C=O) groups is 1. The average Bonchev–Trinajstić information content (AvgIpc) is 3.02. The number of amides is 1. The van der Waals surface area contributed by atoms with Crippen LogP contribution in [0.3, 0.4) is 0 Å². The van der Waals surface area contributed by atoms with Crippen LogP contribution in [0.5, 0.6) is 0 Å². The van der Waals surface area contributed by atoms with Gasteiger partial charge in [0.25, 0.3) is 5.91 Å². The van der Waals surface area contributed by atoms with Gasteiger partial charge in [0.05, 0.1) is 5.56 Å². The van der Waals surface area contributed by atoms with Crippen LogP contribution < -0.4 is 0 Å². The first-order valence-corrected chi connectivity index (χ1v) is 9.18. The van der Waals surface area contributed by atoms with Crippen molar-refractivity contribution in [1.29, 1.82) is 0 Å². The quantitative estimate of drug-likeness (QED) is 0.895. The lowest BCUT2D eigenvalue weighted by Crippen LogP contribution is -2.47. The summed E-state index contributed by atoms with van der Waals surface area (Å²) < 4.78 is 5.85. The van der Waals surface area contributed by atoms with E-state index in [1.165, 1.54) is 0 Å². The smallest absolute Gasteiger partial charge is 0.257 e. The average molecular weight is 356 g/mol. The number of benzene rings is 1. The maximum atomic E-state index is 13.3. The van der Waals surface area contributed by atoms with Gasteiger partial charge in [-0.05, 0) is 45.3 Å². The molecule has 1 fully saturated rings. The topological polar surface area (TPSA) is 56.9 Å². The fraction of sp³-hybridized carbons (Fsp3) is 0.476. The van der Waals surface area contributed by atoms with Gasteiger partial charge < -0.3 is 19.3 Å². The van der Waals surface area contributed by atoms with E-state index < -0.39 is 0 Å². The summed E-state index contributed by atoms with van der Waals surface area (Å²) in [6.45, 7) is 4.20. The molecule has 140 valence electrons. The predicted molar refractivity (Wildman–Crippen MR) is 102 cm³/mol. The molecule has 1 saturated heterocycles. The fourth-order valence-electron chi connectivity index (χ4n) is 3.91. The molecule has 0 saturated carbocycles. The molecule has 1 aliphatic heterocycles. The number of rotatable bonds is 5. The molecule has 0 spiro atoms. The zero-order chi connectivity index (χ0) is 18.7. The molecule has 26 heavy (non-hydrogen) atoms. The molecular weight excluding hydrogens is 328 g/mol. The Hall–Kier alpha value is -2.11. The Labute approximate surface area is 155 Å². The summed E-state index contributed by atoms with van der Waals surface area (Å²) in [7, 11) is 4.09. The van der Waals surface area contributed by atoms with Crippen molar-refractivity contribution in [3.05, 3.63) is 47.7 Å². The van der Waals surface area contributed by atoms with Crippen LogP contribution in [0.15, 0.2) is 40.8 Å². The Morgan fingerprint density at radius 3 is 2.58 bits per heavy atom. The van der Waals surface area contributed by atoms with Gasteiger partial charge in [0.2, 0.25) is 0 Å². The Morgan fingerprint density at radius 1 is 1.23 bits per heavy atom. The number of aliphatic hydroxyl groups excluding tert-OH is 1. The van der Waals surface area contributed by atoms with Crippen LogP contribution in [0.25, 0.3) is 11.3 Å². The van der Waals surface area contributed by atoms with E-state index in [0.29, 0.717) is 30.3 Å². The third kappa shape index (κ3) is 4.17. The van der Waals surface area contributed by atoms with E-state index in [-0.39, 0.29) is 18.4 Å². The van der Waals surface area contributed by atoms with Gasteiger partial charge in [-0.3, -0.25) is 4.79 Å². The Kier molecular flexibility index (Phi) is 5.79. The first-order valence-electron chi connectivity index (χ1n) is 9.18. The van der Waals surface area contributed by atoms with Crippen molar-refractivity contribution in [2.75, 3.05) is 40.3 Å². The zero-order valence-electron chi connectivity index (χ0n) is 15.8. The number of nitrogens with zero attached hydrogens (tertiary/aromatic N) is 2. The van der Waals surface area contributed by atoms with E-state index in [2.05, 4.69) is 4.90 Å². The zero-order valence-corrected chi connectivity index (χ0v) is 15.8. The SMILES string of the molecule is Cc1cc(C(=O)N2CC(CO)CC(CN(C)C)C2)c(-c2ccccc2)o1. The van der Waals surface area contributed by atoms with E-state index in [1.54, 1.807) is 0 Å². The minimum absolute atomic E-state index is 0.0115. The number of carbonyl (C=O) groups excluding carboxylic acids is 1. The summed E-state index contributed by atoms with van der Waals surface area (Å²) in [6, 6.07) is 11.6. The molecule has 0 radical (unpaired) electrons. The molecule has 1 amide bonds. The second kappa shape index (κ2) is 8.06. The molecule has 1 aromatic carbocycles. The Morgan fingerprint density at radius 2 is 1.92 bits per heavy atom. The third-order valence-electron chi connectivity index (χ3n) is 4.91. The monoisotopic (exact) mass is 356 g/mol. The summed E-state index contributed by atoms with van der Waals surface area (Å²) in [6.07, 6.45) is 0.953. The second-order valence-electron chi connectivity index (χ2n) is 7.59. The first-order chi connectivity index (χ1) is 12.5. The number of likely N-dealkylation sites (tertiary alicyclic amines) is 1. The number of furan rings is 1. The predicted octanol–water partition coefficient (Wildman–Crippen LogP) is 2.89. The van der Waals surface area contributed by atoms with Crippen molar-refractivity contribution < 1.29 is 14.3 Å². The molecule has 2 aromatic rings. The maximum absolute atomic E-state index is 13.3. The summed E-state index contributed by atoms with van der Waals surface area (Å²) in [5, 5.41) is 9.68. The molecule has 1 aliphatic rings. The number of hydrogen-bond acceptors (Lipinski definition) is 4. The van der Waals surface area contributed by atoms with Crippen molar-refractivity contribution in [1.82, 2.24) is 9.80 Å². The van der Waals surface area contributed by atoms with E-state index in [1.807, 2.05) is 62.3 Å². The molecule has 2 heterocycles. The molecule has 1 N–H and O–H groups in total. The largest absolute Gasteiger partial charge is 0.461 e. The number of aliphatic hydroxyl groups is 1. The van der Waals surface area contributed by atoms with E-state index >= 15 is 0 Å². The summed E-state index contributed by atoms with van der Waals surface area (Å²) in [5.41, 5.74) is 1.51. The number of aryl methyl sites for hydroxylation is 1. The Bertz CT molecular complexity index is 739. The molecule has 3 rings (SSSR count). The van der Waals surface area contributed by atoms with Crippen molar-refractivity contribution in [3.63, 3.8) is 0 Å². The molecule has 0 bridgehead atoms. The molecule has 2 atom stereocenters. The molecule has 0 aliphatic carbocycles. The first kappa shape index (κ1) is 18.7. The lowest BCUT2D eigenvalue weighted by Gasteiger charge is -2.38. The van der Waals surface area contributed by atoms with Crippen LogP contribution in [0.1, 0.15) is 22.5 Å². The van der Waals surface area contributed by atoms with Gasteiger partial charge in [-0.25, -0.2) is 0 Å². The molecule has 5 heteroatoms. The van der Waals surface area contributed by atoms with E-state index in [0.717, 1.165) is 24.3 Å². The highest BCUT2D eigenvalue weighted by Crippen LogP contribution is 2.30. The summed E-state index contributed by atoms with van der Waals surface area (Å²) in [5.74, 6) is 1.84. The maximum Gasteiger partial charge on any atom is 0.257 e. The minimum atomic E-state index is -0.0115. The standard InChI is InChI=1S/C21H28N2O3/c1-15-9-19(20(26-15)18-7-5-4-6-8-18)21(25)23-12-16(11-22(2)3)10-17(13-23)14-24/h4-9,16-17,24H,10-14H2,1-3H3. The highest BCUT2D eigenvalue weighted by molar-refractivity contribution is 6.00. The lowest BCUT2D eigenvalue weighted by molar-refractivity contribution is 0.0478. The van der Waals surface area contributed by atoms with Crippen LogP contribution in [-0.2, 0) is 0 Å². The van der Waals surface area contributed by atoms with Crippen LogP contribution in [0.4, 0.5) is 0 Å². The third-order valence-corrected chi connectivity index (χ3v) is 4.91. The van der Waals surface area contributed by atoms with Gasteiger partial charge in [-0.1, -0.05) is 30.3 Å². The lowest BCUT2D eigenvalue weighted by atomic mass is 9.89. The van der Waals surface area contributed by atoms with Crippen molar-refractivity contribution in [2.45, 2.75) is 13.3 Å². The van der Waals surface area contributed by atoms with Gasteiger partial charge in [-0.15, -0.1) is 0 Å². The number of piperidine rings is 1. The van der Waals surface area contributed by atoms with Gasteiger partial charge in [-0.2, -0.15) is 0 Å².